The molecule has 0 bridgehead atoms. The van der Waals surface area contributed by atoms with Gasteiger partial charge in [0.05, 0.1) is 18.2 Å². The van der Waals surface area contributed by atoms with Crippen LogP contribution in [0.2, 0.25) is 0 Å². The third kappa shape index (κ3) is 3.51. The average Bonchev–Trinajstić information content (AvgIpc) is 2.73. The molecular weight excluding hydrogens is 264 g/mol. The molecule has 2 rings (SSSR count). The van der Waals surface area contributed by atoms with Gasteiger partial charge >= 0.3 is 0 Å². The summed E-state index contributed by atoms with van der Waals surface area (Å²) in [6.07, 6.45) is 0.302. The van der Waals surface area contributed by atoms with Gasteiger partial charge in [-0.25, -0.2) is 0 Å². The van der Waals surface area contributed by atoms with E-state index in [2.05, 4.69) is 42.5 Å². The minimum atomic E-state index is -0.0159. The standard InChI is InChI=1S/C17H22N2O2/c1-10-6-7-11(2)15(8-10)12(3)18-17(20)9-16-13(4)19-21-14(16)5/h6-8,12H,9H2,1-5H3,(H,18,20). The van der Waals surface area contributed by atoms with Crippen LogP contribution in [-0.2, 0) is 11.2 Å². The number of nitrogens with zero attached hydrogens (tertiary/aromatic N) is 1. The van der Waals surface area contributed by atoms with Crippen molar-refractivity contribution in [2.24, 2.45) is 0 Å². The van der Waals surface area contributed by atoms with Crippen molar-refractivity contribution in [3.8, 4) is 0 Å². The molecule has 4 heteroatoms. The van der Waals surface area contributed by atoms with Crippen molar-refractivity contribution in [2.45, 2.75) is 47.1 Å². The van der Waals surface area contributed by atoms with E-state index in [9.17, 15) is 4.79 Å². The molecule has 0 aliphatic heterocycles. The molecule has 1 unspecified atom stereocenters. The molecule has 1 aromatic carbocycles. The van der Waals surface area contributed by atoms with E-state index in [1.165, 1.54) is 11.1 Å². The van der Waals surface area contributed by atoms with Gasteiger partial charge in [0.25, 0.3) is 0 Å². The lowest BCUT2D eigenvalue weighted by atomic mass is 9.99. The molecule has 4 nitrogen and oxygen atoms in total. The second-order valence-electron chi connectivity index (χ2n) is 5.63. The smallest absolute Gasteiger partial charge is 0.225 e. The van der Waals surface area contributed by atoms with Crippen LogP contribution in [-0.4, -0.2) is 11.1 Å². The number of rotatable bonds is 4. The molecule has 1 N–H and O–H groups in total. The number of nitrogens with one attached hydrogen (secondary N) is 1. The van der Waals surface area contributed by atoms with E-state index in [1.54, 1.807) is 0 Å². The van der Waals surface area contributed by atoms with Crippen molar-refractivity contribution in [3.63, 3.8) is 0 Å². The predicted molar refractivity (Wildman–Crippen MR) is 82.2 cm³/mol. The van der Waals surface area contributed by atoms with E-state index in [0.29, 0.717) is 12.2 Å². The Balaban J connectivity index is 2.07. The van der Waals surface area contributed by atoms with Crippen LogP contribution in [0.25, 0.3) is 0 Å². The quantitative estimate of drug-likeness (QED) is 0.938. The van der Waals surface area contributed by atoms with E-state index in [1.807, 2.05) is 20.8 Å². The largest absolute Gasteiger partial charge is 0.361 e. The normalized spacial score (nSPS) is 12.2. The zero-order valence-electron chi connectivity index (χ0n) is 13.3. The molecular formula is C17H22N2O2. The predicted octanol–water partition coefficient (Wildman–Crippen LogP) is 3.33. The van der Waals surface area contributed by atoms with Gasteiger partial charge in [0.1, 0.15) is 5.76 Å². The number of carbonyl (C=O) groups is 1. The fourth-order valence-electron chi connectivity index (χ4n) is 2.51. The number of aryl methyl sites for hydroxylation is 4. The molecule has 112 valence electrons. The maximum atomic E-state index is 12.2. The number of amides is 1. The lowest BCUT2D eigenvalue weighted by Crippen LogP contribution is -2.28. The van der Waals surface area contributed by atoms with Crippen LogP contribution in [0.15, 0.2) is 22.7 Å². The topological polar surface area (TPSA) is 55.1 Å². The second kappa shape index (κ2) is 6.12. The summed E-state index contributed by atoms with van der Waals surface area (Å²) in [5.74, 6) is 0.694. The van der Waals surface area contributed by atoms with Gasteiger partial charge in [-0.3, -0.25) is 4.79 Å². The first-order valence-corrected chi connectivity index (χ1v) is 7.16. The molecule has 1 atom stereocenters. The summed E-state index contributed by atoms with van der Waals surface area (Å²) in [6.45, 7) is 9.81. The molecule has 21 heavy (non-hydrogen) atoms. The Morgan fingerprint density at radius 2 is 2.00 bits per heavy atom. The lowest BCUT2D eigenvalue weighted by molar-refractivity contribution is -0.121. The molecule has 1 heterocycles. The van der Waals surface area contributed by atoms with Crippen molar-refractivity contribution < 1.29 is 9.32 Å². The number of benzene rings is 1. The van der Waals surface area contributed by atoms with Crippen LogP contribution in [0.5, 0.6) is 0 Å². The molecule has 0 radical (unpaired) electrons. The number of hydrogen-bond donors (Lipinski definition) is 1. The summed E-state index contributed by atoms with van der Waals surface area (Å²) in [4.78, 5) is 12.2. The van der Waals surface area contributed by atoms with Crippen LogP contribution >= 0.6 is 0 Å². The van der Waals surface area contributed by atoms with Crippen LogP contribution in [0.1, 0.15) is 46.7 Å². The monoisotopic (exact) mass is 286 g/mol. The maximum absolute atomic E-state index is 12.2. The Hall–Kier alpha value is -2.10. The first-order chi connectivity index (χ1) is 9.88. The van der Waals surface area contributed by atoms with Gasteiger partial charge in [0.2, 0.25) is 5.91 Å². The molecule has 0 saturated carbocycles. The highest BCUT2D eigenvalue weighted by molar-refractivity contribution is 5.79. The van der Waals surface area contributed by atoms with Crippen LogP contribution in [0.4, 0.5) is 0 Å². The Kier molecular flexibility index (Phi) is 4.46. The zero-order valence-corrected chi connectivity index (χ0v) is 13.3. The Labute approximate surface area is 125 Å². The van der Waals surface area contributed by atoms with Crippen molar-refractivity contribution in [1.29, 1.82) is 0 Å². The minimum Gasteiger partial charge on any atom is -0.361 e. The third-order valence-electron chi connectivity index (χ3n) is 3.80. The summed E-state index contributed by atoms with van der Waals surface area (Å²) in [5, 5.41) is 6.93. The molecule has 0 aliphatic carbocycles. The third-order valence-corrected chi connectivity index (χ3v) is 3.80. The molecule has 1 amide bonds. The van der Waals surface area contributed by atoms with Gasteiger partial charge in [0, 0.05) is 5.56 Å². The summed E-state index contributed by atoms with van der Waals surface area (Å²) < 4.78 is 5.09. The van der Waals surface area contributed by atoms with E-state index in [-0.39, 0.29) is 11.9 Å². The highest BCUT2D eigenvalue weighted by Gasteiger charge is 2.16. The van der Waals surface area contributed by atoms with Gasteiger partial charge in [-0.05, 0) is 45.7 Å². The van der Waals surface area contributed by atoms with Crippen molar-refractivity contribution in [3.05, 3.63) is 51.9 Å². The molecule has 0 aliphatic rings. The average molecular weight is 286 g/mol. The van der Waals surface area contributed by atoms with Gasteiger partial charge in [-0.2, -0.15) is 0 Å². The van der Waals surface area contributed by atoms with Crippen molar-refractivity contribution >= 4 is 5.91 Å². The molecule has 0 saturated heterocycles. The summed E-state index contributed by atoms with van der Waals surface area (Å²) in [6, 6.07) is 6.27. The first kappa shape index (κ1) is 15.3. The van der Waals surface area contributed by atoms with E-state index in [4.69, 9.17) is 4.52 Å². The summed E-state index contributed by atoms with van der Waals surface area (Å²) in [7, 11) is 0. The van der Waals surface area contributed by atoms with Crippen molar-refractivity contribution in [2.75, 3.05) is 0 Å². The fourth-order valence-corrected chi connectivity index (χ4v) is 2.51. The van der Waals surface area contributed by atoms with E-state index < -0.39 is 0 Å². The van der Waals surface area contributed by atoms with E-state index >= 15 is 0 Å². The van der Waals surface area contributed by atoms with Gasteiger partial charge in [-0.15, -0.1) is 0 Å². The van der Waals surface area contributed by atoms with Crippen LogP contribution in [0.3, 0.4) is 0 Å². The molecule has 0 spiro atoms. The summed E-state index contributed by atoms with van der Waals surface area (Å²) in [5.41, 5.74) is 5.19. The second-order valence-corrected chi connectivity index (χ2v) is 5.63. The van der Waals surface area contributed by atoms with E-state index in [0.717, 1.165) is 16.8 Å². The lowest BCUT2D eigenvalue weighted by Gasteiger charge is -2.17. The van der Waals surface area contributed by atoms with Crippen LogP contribution in [0, 0.1) is 27.7 Å². The zero-order chi connectivity index (χ0) is 15.6. The maximum Gasteiger partial charge on any atom is 0.225 e. The molecule has 0 fully saturated rings. The number of aromatic nitrogens is 1. The van der Waals surface area contributed by atoms with Crippen molar-refractivity contribution in [1.82, 2.24) is 10.5 Å². The first-order valence-electron chi connectivity index (χ1n) is 7.16. The minimum absolute atomic E-state index is 0.0159. The summed E-state index contributed by atoms with van der Waals surface area (Å²) >= 11 is 0. The highest BCUT2D eigenvalue weighted by Crippen LogP contribution is 2.19. The van der Waals surface area contributed by atoms with Gasteiger partial charge in [-0.1, -0.05) is 28.9 Å². The van der Waals surface area contributed by atoms with Crippen LogP contribution < -0.4 is 5.32 Å². The van der Waals surface area contributed by atoms with Gasteiger partial charge < -0.3 is 9.84 Å². The Morgan fingerprint density at radius 3 is 2.62 bits per heavy atom. The number of hydrogen-bond acceptors (Lipinski definition) is 3. The Bertz CT molecular complexity index is 639. The van der Waals surface area contributed by atoms with Gasteiger partial charge in [0.15, 0.2) is 0 Å². The number of carbonyl (C=O) groups excluding carboxylic acids is 1. The highest BCUT2D eigenvalue weighted by atomic mass is 16.5. The molecule has 2 aromatic rings. The Morgan fingerprint density at radius 1 is 1.29 bits per heavy atom. The fraction of sp³-hybridized carbons (Fsp3) is 0.412. The molecule has 1 aromatic heterocycles. The SMILES string of the molecule is Cc1ccc(C)c(C(C)NC(=O)Cc2c(C)noc2C)c1.